The van der Waals surface area contributed by atoms with Crippen LogP contribution in [0.3, 0.4) is 0 Å². The summed E-state index contributed by atoms with van der Waals surface area (Å²) in [6.45, 7) is 3.23. The van der Waals surface area contributed by atoms with Gasteiger partial charge in [0.2, 0.25) is 5.91 Å². The smallest absolute Gasteiger partial charge is 0.348 e. The van der Waals surface area contributed by atoms with Crippen LogP contribution in [0.15, 0.2) is 89.8 Å². The number of hydrogen-bond acceptors (Lipinski definition) is 12. The van der Waals surface area contributed by atoms with Gasteiger partial charge in [0.15, 0.2) is 6.10 Å². The number of hydroxylamine groups is 1. The number of imide groups is 1. The number of esters is 2. The van der Waals surface area contributed by atoms with Crippen LogP contribution in [0.1, 0.15) is 44.1 Å². The fourth-order valence-corrected chi connectivity index (χ4v) is 7.78. The quantitative estimate of drug-likeness (QED) is 0.136. The number of nitrogens with zero attached hydrogens (tertiary/aromatic N) is 2. The summed E-state index contributed by atoms with van der Waals surface area (Å²) in [5.41, 5.74) is 1.21. The first-order valence-corrected chi connectivity index (χ1v) is 16.7. The van der Waals surface area contributed by atoms with Gasteiger partial charge in [0.1, 0.15) is 26.4 Å². The Labute approximate surface area is 274 Å². The van der Waals surface area contributed by atoms with Gasteiger partial charge in [0.05, 0.1) is 31.0 Å². The molecule has 4 aromatic rings. The molecule has 0 spiro atoms. The predicted molar refractivity (Wildman–Crippen MR) is 170 cm³/mol. The average molecular weight is 677 g/mol. The molecule has 2 saturated heterocycles. The zero-order valence-electron chi connectivity index (χ0n) is 25.3. The standard InChI is InChI=1S/C33H28N2O10S2/c1-4-43-33(39)28-19(2)24(32(38)42-3)31(46-28)34-29(36)25-26(35(44-27(25)30(34)37)21-11-7-5-8-12-21)20-15-17-22(18-16-20)45-47(40,41)23-13-9-6-10-14-23/h5-18,25-27H,4H2,1-3H3/t25-,26-,27+/m0/s1. The molecule has 0 aliphatic carbocycles. The van der Waals surface area contributed by atoms with E-state index in [-0.39, 0.29) is 38.3 Å². The molecule has 242 valence electrons. The molecule has 0 bridgehead atoms. The minimum Gasteiger partial charge on any atom is -0.465 e. The SMILES string of the molecule is CCOC(=O)c1sc(N2C(=O)[C@@H]3[C@@H](ON(c4ccccc4)[C@H]3c3ccc(OS(=O)(=O)c4ccccc4)cc3)C2=O)c(C(=O)OC)c1C. The second-order valence-electron chi connectivity index (χ2n) is 10.5. The van der Waals surface area contributed by atoms with E-state index in [2.05, 4.69) is 0 Å². The van der Waals surface area contributed by atoms with Crippen LogP contribution < -0.4 is 14.1 Å². The number of thiophene rings is 1. The highest BCUT2D eigenvalue weighted by atomic mass is 32.2. The number of hydrogen-bond donors (Lipinski definition) is 0. The topological polar surface area (TPSA) is 146 Å². The minimum atomic E-state index is -4.10. The molecule has 3 atom stereocenters. The van der Waals surface area contributed by atoms with Crippen molar-refractivity contribution in [3.63, 3.8) is 0 Å². The maximum absolute atomic E-state index is 14.3. The van der Waals surface area contributed by atoms with Gasteiger partial charge in [-0.3, -0.25) is 14.4 Å². The zero-order valence-corrected chi connectivity index (χ0v) is 26.9. The average Bonchev–Trinajstić information content (AvgIpc) is 3.71. The van der Waals surface area contributed by atoms with Gasteiger partial charge in [0, 0.05) is 0 Å². The van der Waals surface area contributed by atoms with Crippen LogP contribution in [-0.4, -0.2) is 52.0 Å². The fourth-order valence-electron chi connectivity index (χ4n) is 5.62. The molecule has 0 unspecified atom stereocenters. The molecule has 2 aliphatic heterocycles. The highest BCUT2D eigenvalue weighted by Gasteiger charge is 2.61. The molecule has 0 N–H and O–H groups in total. The van der Waals surface area contributed by atoms with Crippen molar-refractivity contribution in [3.05, 3.63) is 106 Å². The summed E-state index contributed by atoms with van der Waals surface area (Å²) in [5.74, 6) is -3.95. The number of para-hydroxylation sites is 1. The molecule has 3 heterocycles. The molecule has 2 fully saturated rings. The monoisotopic (exact) mass is 676 g/mol. The summed E-state index contributed by atoms with van der Waals surface area (Å²) in [4.78, 5) is 61.0. The number of rotatable bonds is 9. The minimum absolute atomic E-state index is 0.0113. The molecule has 12 nitrogen and oxygen atoms in total. The number of carbonyl (C=O) groups excluding carboxylic acids is 4. The first kappa shape index (κ1) is 31.9. The molecule has 47 heavy (non-hydrogen) atoms. The number of anilines is 2. The highest BCUT2D eigenvalue weighted by Crippen LogP contribution is 2.50. The largest absolute Gasteiger partial charge is 0.465 e. The number of benzene rings is 3. The van der Waals surface area contributed by atoms with Gasteiger partial charge >= 0.3 is 22.1 Å². The Morgan fingerprint density at radius 3 is 2.15 bits per heavy atom. The van der Waals surface area contributed by atoms with E-state index in [1.807, 2.05) is 0 Å². The Morgan fingerprint density at radius 1 is 0.894 bits per heavy atom. The first-order chi connectivity index (χ1) is 22.6. The van der Waals surface area contributed by atoms with Gasteiger partial charge in [-0.15, -0.1) is 11.3 Å². The second-order valence-corrected chi connectivity index (χ2v) is 13.1. The van der Waals surface area contributed by atoms with Crippen molar-refractivity contribution in [1.82, 2.24) is 0 Å². The van der Waals surface area contributed by atoms with Gasteiger partial charge < -0.3 is 13.7 Å². The van der Waals surface area contributed by atoms with Crippen LogP contribution in [0.25, 0.3) is 0 Å². The van der Waals surface area contributed by atoms with Crippen molar-refractivity contribution < 1.29 is 46.1 Å². The maximum atomic E-state index is 14.3. The van der Waals surface area contributed by atoms with Crippen LogP contribution in [0.4, 0.5) is 10.7 Å². The van der Waals surface area contributed by atoms with Gasteiger partial charge in [-0.05, 0) is 61.4 Å². The molecular weight excluding hydrogens is 649 g/mol. The van der Waals surface area contributed by atoms with Gasteiger partial charge in [0.25, 0.3) is 5.91 Å². The van der Waals surface area contributed by atoms with E-state index in [1.54, 1.807) is 67.6 Å². The predicted octanol–water partition coefficient (Wildman–Crippen LogP) is 4.84. The number of fused-ring (bicyclic) bond motifs is 1. The third-order valence-electron chi connectivity index (χ3n) is 7.77. The van der Waals surface area contributed by atoms with Gasteiger partial charge in [-0.25, -0.2) is 19.6 Å². The van der Waals surface area contributed by atoms with Gasteiger partial charge in [-0.2, -0.15) is 8.42 Å². The van der Waals surface area contributed by atoms with Gasteiger partial charge in [-0.1, -0.05) is 48.5 Å². The van der Waals surface area contributed by atoms with Crippen molar-refractivity contribution in [3.8, 4) is 5.75 Å². The zero-order chi connectivity index (χ0) is 33.5. The lowest BCUT2D eigenvalue weighted by atomic mass is 9.90. The lowest BCUT2D eigenvalue weighted by Gasteiger charge is -2.28. The Morgan fingerprint density at radius 2 is 1.53 bits per heavy atom. The molecule has 0 radical (unpaired) electrons. The lowest BCUT2D eigenvalue weighted by molar-refractivity contribution is -0.126. The van der Waals surface area contributed by atoms with E-state index in [0.717, 1.165) is 23.3 Å². The lowest BCUT2D eigenvalue weighted by Crippen LogP contribution is -2.37. The van der Waals surface area contributed by atoms with E-state index in [4.69, 9.17) is 18.5 Å². The van der Waals surface area contributed by atoms with Crippen molar-refractivity contribution >= 4 is 55.9 Å². The normalized spacial score (nSPS) is 19.1. The van der Waals surface area contributed by atoms with E-state index in [9.17, 15) is 27.6 Å². The van der Waals surface area contributed by atoms with Crippen LogP contribution >= 0.6 is 11.3 Å². The van der Waals surface area contributed by atoms with E-state index >= 15 is 0 Å². The molecule has 14 heteroatoms. The molecule has 6 rings (SSSR count). The number of methoxy groups -OCH3 is 1. The van der Waals surface area contributed by atoms with Crippen LogP contribution in [0, 0.1) is 12.8 Å². The summed E-state index contributed by atoms with van der Waals surface area (Å²) >= 11 is 0.787. The molecule has 1 aromatic heterocycles. The Balaban J connectivity index is 1.38. The molecule has 3 aromatic carbocycles. The number of amides is 2. The van der Waals surface area contributed by atoms with Crippen molar-refractivity contribution in [2.45, 2.75) is 30.9 Å². The third-order valence-corrected chi connectivity index (χ3v) is 10.3. The van der Waals surface area contributed by atoms with E-state index < -0.39 is 51.9 Å². The van der Waals surface area contributed by atoms with Crippen molar-refractivity contribution in [2.24, 2.45) is 5.92 Å². The van der Waals surface area contributed by atoms with E-state index in [1.165, 1.54) is 36.3 Å². The first-order valence-electron chi connectivity index (χ1n) is 14.4. The Hall–Kier alpha value is -5.05. The molecule has 2 amide bonds. The summed E-state index contributed by atoms with van der Waals surface area (Å²) < 4.78 is 41.0. The summed E-state index contributed by atoms with van der Waals surface area (Å²) in [5, 5.41) is 1.41. The number of ether oxygens (including phenoxy) is 2. The second kappa shape index (κ2) is 12.6. The van der Waals surface area contributed by atoms with Crippen molar-refractivity contribution in [2.75, 3.05) is 23.7 Å². The van der Waals surface area contributed by atoms with Crippen LogP contribution in [0.2, 0.25) is 0 Å². The summed E-state index contributed by atoms with van der Waals surface area (Å²) in [6, 6.07) is 21.8. The number of carbonyl (C=O) groups is 4. The van der Waals surface area contributed by atoms with Crippen LogP contribution in [-0.2, 0) is 34.0 Å². The molecule has 0 saturated carbocycles. The fraction of sp³-hybridized carbons (Fsp3) is 0.212. The van der Waals surface area contributed by atoms with Crippen LogP contribution in [0.5, 0.6) is 5.75 Å². The van der Waals surface area contributed by atoms with E-state index in [0.29, 0.717) is 11.3 Å². The third kappa shape index (κ3) is 5.64. The highest BCUT2D eigenvalue weighted by molar-refractivity contribution is 7.87. The maximum Gasteiger partial charge on any atom is 0.348 e. The van der Waals surface area contributed by atoms with Crippen molar-refractivity contribution in [1.29, 1.82) is 0 Å². The summed E-state index contributed by atoms with van der Waals surface area (Å²) in [6.07, 6.45) is -1.28. The Kier molecular flexibility index (Phi) is 8.57. The molecule has 2 aliphatic rings. The Bertz CT molecular complexity index is 1960. The molecular formula is C33H28N2O10S2. The summed E-state index contributed by atoms with van der Waals surface area (Å²) in [7, 11) is -2.94.